The van der Waals surface area contributed by atoms with Crippen LogP contribution in [0.4, 0.5) is 18.0 Å². The number of rotatable bonds is 6. The van der Waals surface area contributed by atoms with Gasteiger partial charge in [0.25, 0.3) is 0 Å². The molecule has 1 aliphatic heterocycles. The third-order valence-corrected chi connectivity index (χ3v) is 6.18. The molecule has 35 heavy (non-hydrogen) atoms. The van der Waals surface area contributed by atoms with Crippen molar-refractivity contribution in [3.05, 3.63) is 59.7 Å². The standard InChI is InChI=1S/C24H23F3N2O6/c25-24(26,27)19(21(30)29-9-10-34-13-20(29)22(31)32)11-28-23(33)35-12-18-16-7-3-1-5-14(16)15-6-2-4-8-17(15)18/h1-8,18-20H,9-13H2,(H,28,33)(H,31,32). The molecule has 2 aromatic carbocycles. The lowest BCUT2D eigenvalue weighted by molar-refractivity contribution is -0.194. The Morgan fingerprint density at radius 1 is 1.09 bits per heavy atom. The minimum Gasteiger partial charge on any atom is -0.480 e. The van der Waals surface area contributed by atoms with Crippen LogP contribution in [0.2, 0.25) is 0 Å². The first-order chi connectivity index (χ1) is 16.7. The van der Waals surface area contributed by atoms with Gasteiger partial charge >= 0.3 is 18.2 Å². The zero-order chi connectivity index (χ0) is 25.2. The number of carboxylic acid groups (broad SMARTS) is 1. The maximum Gasteiger partial charge on any atom is 0.407 e. The minimum absolute atomic E-state index is 0.0834. The van der Waals surface area contributed by atoms with Gasteiger partial charge in [0, 0.05) is 19.0 Å². The molecule has 2 atom stereocenters. The van der Waals surface area contributed by atoms with Crippen molar-refractivity contribution in [2.75, 3.05) is 32.9 Å². The smallest absolute Gasteiger partial charge is 0.407 e. The molecule has 1 fully saturated rings. The van der Waals surface area contributed by atoms with Gasteiger partial charge in [0.05, 0.1) is 13.2 Å². The first-order valence-corrected chi connectivity index (χ1v) is 10.9. The summed E-state index contributed by atoms with van der Waals surface area (Å²) in [4.78, 5) is 36.9. The second kappa shape index (κ2) is 9.95. The van der Waals surface area contributed by atoms with Crippen LogP contribution in [0.3, 0.4) is 0 Å². The number of nitrogens with zero attached hydrogens (tertiary/aromatic N) is 1. The number of amides is 2. The SMILES string of the molecule is O=C(NCC(C(=O)N1CCOCC1C(=O)O)C(F)(F)F)OCC1c2ccccc2-c2ccccc21. The van der Waals surface area contributed by atoms with Crippen LogP contribution in [0.25, 0.3) is 11.1 Å². The van der Waals surface area contributed by atoms with Gasteiger partial charge in [-0.05, 0) is 22.3 Å². The number of fused-ring (bicyclic) bond motifs is 3. The zero-order valence-corrected chi connectivity index (χ0v) is 18.5. The first-order valence-electron chi connectivity index (χ1n) is 10.9. The van der Waals surface area contributed by atoms with E-state index in [1.165, 1.54) is 0 Å². The molecule has 2 unspecified atom stereocenters. The number of benzene rings is 2. The number of carbonyl (C=O) groups excluding carboxylic acids is 2. The Labute approximate surface area is 198 Å². The number of nitrogens with one attached hydrogen (secondary N) is 1. The third kappa shape index (κ3) is 5.09. The molecule has 2 aliphatic rings. The number of hydrogen-bond donors (Lipinski definition) is 2. The van der Waals surface area contributed by atoms with E-state index in [1.807, 2.05) is 53.8 Å². The second-order valence-electron chi connectivity index (χ2n) is 8.26. The third-order valence-electron chi connectivity index (χ3n) is 6.18. The molecule has 0 bridgehead atoms. The Hall–Kier alpha value is -3.60. The molecule has 1 heterocycles. The molecular weight excluding hydrogens is 469 g/mol. The highest BCUT2D eigenvalue weighted by atomic mass is 19.4. The second-order valence-corrected chi connectivity index (χ2v) is 8.26. The Morgan fingerprint density at radius 3 is 2.26 bits per heavy atom. The van der Waals surface area contributed by atoms with Gasteiger partial charge in [-0.3, -0.25) is 4.79 Å². The maximum atomic E-state index is 13.6. The summed E-state index contributed by atoms with van der Waals surface area (Å²) < 4.78 is 51.1. The van der Waals surface area contributed by atoms with Crippen molar-refractivity contribution in [3.63, 3.8) is 0 Å². The van der Waals surface area contributed by atoms with Crippen LogP contribution < -0.4 is 5.32 Å². The number of aliphatic carboxylic acids is 1. The van der Waals surface area contributed by atoms with Gasteiger partial charge in [-0.2, -0.15) is 13.2 Å². The molecule has 1 aliphatic carbocycles. The van der Waals surface area contributed by atoms with Crippen molar-refractivity contribution in [2.45, 2.75) is 18.1 Å². The van der Waals surface area contributed by atoms with Gasteiger partial charge in [-0.1, -0.05) is 48.5 Å². The zero-order valence-electron chi connectivity index (χ0n) is 18.5. The highest BCUT2D eigenvalue weighted by molar-refractivity contribution is 5.86. The van der Waals surface area contributed by atoms with Crippen molar-refractivity contribution in [2.24, 2.45) is 5.92 Å². The van der Waals surface area contributed by atoms with Gasteiger partial charge < -0.3 is 24.8 Å². The number of ether oxygens (including phenoxy) is 2. The van der Waals surface area contributed by atoms with E-state index in [4.69, 9.17) is 9.47 Å². The van der Waals surface area contributed by atoms with Crippen LogP contribution in [-0.2, 0) is 19.1 Å². The predicted octanol–water partition coefficient (Wildman–Crippen LogP) is 3.02. The molecule has 4 rings (SSSR count). The molecule has 0 saturated carbocycles. The largest absolute Gasteiger partial charge is 0.480 e. The van der Waals surface area contributed by atoms with Gasteiger partial charge in [0.15, 0.2) is 12.0 Å². The summed E-state index contributed by atoms with van der Waals surface area (Å²) in [5.74, 6) is -5.81. The summed E-state index contributed by atoms with van der Waals surface area (Å²) in [6.07, 6.45) is -6.11. The van der Waals surface area contributed by atoms with Crippen LogP contribution in [-0.4, -0.2) is 73.1 Å². The summed E-state index contributed by atoms with van der Waals surface area (Å²) in [6.45, 7) is -1.98. The van der Waals surface area contributed by atoms with Crippen molar-refractivity contribution >= 4 is 18.0 Å². The van der Waals surface area contributed by atoms with Crippen molar-refractivity contribution in [1.29, 1.82) is 0 Å². The fraction of sp³-hybridized carbons (Fsp3) is 0.375. The minimum atomic E-state index is -5.00. The van der Waals surface area contributed by atoms with Crippen molar-refractivity contribution in [1.82, 2.24) is 10.2 Å². The van der Waals surface area contributed by atoms with Gasteiger partial charge in [0.2, 0.25) is 5.91 Å². The van der Waals surface area contributed by atoms with E-state index in [0.29, 0.717) is 4.90 Å². The fourth-order valence-corrected chi connectivity index (χ4v) is 4.45. The molecule has 11 heteroatoms. The van der Waals surface area contributed by atoms with E-state index in [-0.39, 0.29) is 25.7 Å². The average molecular weight is 492 g/mol. The normalized spacial score (nSPS) is 18.4. The lowest BCUT2D eigenvalue weighted by Crippen LogP contribution is -2.57. The van der Waals surface area contributed by atoms with Crippen LogP contribution in [0, 0.1) is 5.92 Å². The molecule has 1 saturated heterocycles. The van der Waals surface area contributed by atoms with E-state index < -0.39 is 49.3 Å². The number of morpholine rings is 1. The van der Waals surface area contributed by atoms with Crippen LogP contribution in [0.1, 0.15) is 17.0 Å². The summed E-state index contributed by atoms with van der Waals surface area (Å²) in [6, 6.07) is 13.7. The lowest BCUT2D eigenvalue weighted by atomic mass is 9.98. The van der Waals surface area contributed by atoms with Crippen LogP contribution in [0.15, 0.2) is 48.5 Å². The molecular formula is C24H23F3N2O6. The lowest BCUT2D eigenvalue weighted by Gasteiger charge is -2.35. The maximum absolute atomic E-state index is 13.6. The molecule has 0 spiro atoms. The Balaban J connectivity index is 1.40. The molecule has 2 N–H and O–H groups in total. The summed E-state index contributed by atoms with van der Waals surface area (Å²) in [7, 11) is 0. The van der Waals surface area contributed by atoms with Crippen LogP contribution in [0.5, 0.6) is 0 Å². The molecule has 2 aromatic rings. The van der Waals surface area contributed by atoms with Gasteiger partial charge in [-0.15, -0.1) is 0 Å². The Morgan fingerprint density at radius 2 is 1.69 bits per heavy atom. The van der Waals surface area contributed by atoms with E-state index in [2.05, 4.69) is 0 Å². The Bertz CT molecular complexity index is 1080. The molecule has 2 amide bonds. The molecule has 8 nitrogen and oxygen atoms in total. The quantitative estimate of drug-likeness (QED) is 0.643. The number of hydrogen-bond acceptors (Lipinski definition) is 5. The Kier molecular flexibility index (Phi) is 6.97. The monoisotopic (exact) mass is 492 g/mol. The topological polar surface area (TPSA) is 105 Å². The number of halogens is 3. The number of alkyl halides is 3. The highest BCUT2D eigenvalue weighted by Gasteiger charge is 2.49. The average Bonchev–Trinajstić information content (AvgIpc) is 3.15. The van der Waals surface area contributed by atoms with E-state index in [1.54, 1.807) is 0 Å². The number of carbonyl (C=O) groups is 3. The van der Waals surface area contributed by atoms with Gasteiger partial charge in [0.1, 0.15) is 6.61 Å². The molecule has 0 aromatic heterocycles. The molecule has 0 radical (unpaired) electrons. The molecule has 186 valence electrons. The number of carboxylic acids is 1. The first kappa shape index (κ1) is 24.5. The van der Waals surface area contributed by atoms with Crippen molar-refractivity contribution in [3.8, 4) is 11.1 Å². The van der Waals surface area contributed by atoms with Crippen molar-refractivity contribution < 1.29 is 42.1 Å². The van der Waals surface area contributed by atoms with E-state index in [0.717, 1.165) is 22.3 Å². The summed E-state index contributed by atoms with van der Waals surface area (Å²) >= 11 is 0. The predicted molar refractivity (Wildman–Crippen MR) is 117 cm³/mol. The van der Waals surface area contributed by atoms with E-state index in [9.17, 15) is 32.7 Å². The van der Waals surface area contributed by atoms with E-state index >= 15 is 0 Å². The number of alkyl carbamates (subject to hydrolysis) is 1. The summed E-state index contributed by atoms with van der Waals surface area (Å²) in [5, 5.41) is 11.2. The highest BCUT2D eigenvalue weighted by Crippen LogP contribution is 2.44. The summed E-state index contributed by atoms with van der Waals surface area (Å²) in [5.41, 5.74) is 3.88. The van der Waals surface area contributed by atoms with Crippen LogP contribution >= 0.6 is 0 Å². The van der Waals surface area contributed by atoms with Gasteiger partial charge in [-0.25, -0.2) is 9.59 Å². The fourth-order valence-electron chi connectivity index (χ4n) is 4.45.